The van der Waals surface area contributed by atoms with Crippen LogP contribution in [-0.4, -0.2) is 29.3 Å². The van der Waals surface area contributed by atoms with E-state index in [1.165, 1.54) is 16.7 Å². The molecule has 1 aromatic heterocycles. The van der Waals surface area contributed by atoms with Crippen LogP contribution in [0.4, 0.5) is 0 Å². The fourth-order valence-electron chi connectivity index (χ4n) is 3.91. The maximum absolute atomic E-state index is 5.94. The summed E-state index contributed by atoms with van der Waals surface area (Å²) in [5, 5.41) is 4.07. The van der Waals surface area contributed by atoms with Gasteiger partial charge in [-0.05, 0) is 49.4 Å². The molecule has 3 aromatic rings. The minimum atomic E-state index is 0.305. The summed E-state index contributed by atoms with van der Waals surface area (Å²) in [5.41, 5.74) is 5.80. The van der Waals surface area contributed by atoms with Gasteiger partial charge in [-0.1, -0.05) is 57.5 Å². The van der Waals surface area contributed by atoms with Crippen molar-refractivity contribution in [1.29, 1.82) is 0 Å². The Kier molecular flexibility index (Phi) is 6.48. The molecule has 0 saturated carbocycles. The molecule has 1 aliphatic heterocycles. The third kappa shape index (κ3) is 5.16. The van der Waals surface area contributed by atoms with Gasteiger partial charge in [-0.25, -0.2) is 0 Å². The topological polar surface area (TPSA) is 38.5 Å². The van der Waals surface area contributed by atoms with Crippen molar-refractivity contribution in [2.75, 3.05) is 13.2 Å². The van der Waals surface area contributed by atoms with E-state index in [0.29, 0.717) is 6.10 Å². The van der Waals surface area contributed by atoms with Gasteiger partial charge in [-0.3, -0.25) is 4.90 Å². The molecule has 4 nitrogen and oxygen atoms in total. The van der Waals surface area contributed by atoms with E-state index in [4.69, 9.17) is 9.26 Å². The second-order valence-electron chi connectivity index (χ2n) is 7.89. The quantitative estimate of drug-likeness (QED) is 0.445. The molecule has 2 heterocycles. The van der Waals surface area contributed by atoms with Crippen molar-refractivity contribution in [3.8, 4) is 11.3 Å². The Balaban J connectivity index is 1.60. The minimum absolute atomic E-state index is 0.305. The van der Waals surface area contributed by atoms with E-state index in [1.807, 2.05) is 13.0 Å². The van der Waals surface area contributed by atoms with E-state index in [-0.39, 0.29) is 0 Å². The molecule has 0 N–H and O–H groups in total. The predicted octanol–water partition coefficient (Wildman–Crippen LogP) is 5.90. The highest BCUT2D eigenvalue weighted by molar-refractivity contribution is 9.10. The maximum atomic E-state index is 5.94. The van der Waals surface area contributed by atoms with Gasteiger partial charge in [0.1, 0.15) is 0 Å². The number of hydrogen-bond acceptors (Lipinski definition) is 4. The molecule has 1 aliphatic rings. The lowest BCUT2D eigenvalue weighted by atomic mass is 10.0. The van der Waals surface area contributed by atoms with Crippen LogP contribution in [-0.2, 0) is 17.8 Å². The molecule has 152 valence electrons. The summed E-state index contributed by atoms with van der Waals surface area (Å²) in [4.78, 5) is 2.48. The van der Waals surface area contributed by atoms with Crippen LogP contribution in [0.25, 0.3) is 11.3 Å². The molecule has 0 amide bonds. The average molecular weight is 455 g/mol. The van der Waals surface area contributed by atoms with Gasteiger partial charge in [0.15, 0.2) is 5.76 Å². The van der Waals surface area contributed by atoms with Crippen molar-refractivity contribution in [3.63, 3.8) is 0 Å². The fourth-order valence-corrected chi connectivity index (χ4v) is 4.53. The second-order valence-corrected chi connectivity index (χ2v) is 8.74. The van der Waals surface area contributed by atoms with Gasteiger partial charge in [0, 0.05) is 42.3 Å². The second kappa shape index (κ2) is 9.24. The Morgan fingerprint density at radius 1 is 1.07 bits per heavy atom. The van der Waals surface area contributed by atoms with Crippen LogP contribution >= 0.6 is 15.9 Å². The van der Waals surface area contributed by atoms with Crippen LogP contribution in [0.3, 0.4) is 0 Å². The Bertz CT molecular complexity index is 963. The van der Waals surface area contributed by atoms with Crippen molar-refractivity contribution in [3.05, 3.63) is 75.4 Å². The molecule has 2 aromatic carbocycles. The van der Waals surface area contributed by atoms with E-state index in [0.717, 1.165) is 60.6 Å². The third-order valence-corrected chi connectivity index (χ3v) is 6.13. The van der Waals surface area contributed by atoms with Crippen molar-refractivity contribution < 1.29 is 9.26 Å². The molecule has 1 atom stereocenters. The zero-order valence-corrected chi connectivity index (χ0v) is 18.6. The van der Waals surface area contributed by atoms with Gasteiger partial charge in [0.2, 0.25) is 0 Å². The van der Waals surface area contributed by atoms with E-state index in [9.17, 15) is 0 Å². The van der Waals surface area contributed by atoms with Crippen molar-refractivity contribution >= 4 is 15.9 Å². The normalized spacial score (nSPS) is 16.6. The molecule has 1 fully saturated rings. The number of aryl methyl sites for hydroxylation is 2. The SMILES string of the molecule is Cc1ccc(CN(Cc2ccccc2-c2cc(C)no2)CC2CCCO2)c(Br)c1. The largest absolute Gasteiger partial charge is 0.377 e. The Hall–Kier alpha value is -1.95. The molecular weight excluding hydrogens is 428 g/mol. The number of hydrogen-bond donors (Lipinski definition) is 0. The Labute approximate surface area is 181 Å². The summed E-state index contributed by atoms with van der Waals surface area (Å²) in [6.45, 7) is 7.56. The lowest BCUT2D eigenvalue weighted by Crippen LogP contribution is -2.31. The lowest BCUT2D eigenvalue weighted by molar-refractivity contribution is 0.0679. The standard InChI is InChI=1S/C24H27BrN2O2/c1-17-9-10-20(23(25)12-17)15-27(16-21-7-5-11-28-21)14-19-6-3-4-8-22(19)24-13-18(2)26-29-24/h3-4,6,8-10,12-13,21H,5,7,11,14-16H2,1-2H3. The monoisotopic (exact) mass is 454 g/mol. The molecule has 5 heteroatoms. The number of halogens is 1. The first-order valence-corrected chi connectivity index (χ1v) is 11.0. The van der Waals surface area contributed by atoms with E-state index < -0.39 is 0 Å². The maximum Gasteiger partial charge on any atom is 0.167 e. The lowest BCUT2D eigenvalue weighted by Gasteiger charge is -2.26. The number of benzene rings is 2. The smallest absolute Gasteiger partial charge is 0.167 e. The summed E-state index contributed by atoms with van der Waals surface area (Å²) in [6.07, 6.45) is 2.59. The summed E-state index contributed by atoms with van der Waals surface area (Å²) in [7, 11) is 0. The Morgan fingerprint density at radius 2 is 1.90 bits per heavy atom. The molecule has 0 radical (unpaired) electrons. The fraction of sp³-hybridized carbons (Fsp3) is 0.375. The van der Waals surface area contributed by atoms with Gasteiger partial charge in [-0.15, -0.1) is 0 Å². The number of ether oxygens (including phenoxy) is 1. The number of aromatic nitrogens is 1. The van der Waals surface area contributed by atoms with Crippen LogP contribution in [0.15, 0.2) is 57.5 Å². The van der Waals surface area contributed by atoms with Crippen LogP contribution < -0.4 is 0 Å². The Morgan fingerprint density at radius 3 is 2.62 bits per heavy atom. The van der Waals surface area contributed by atoms with Gasteiger partial charge in [-0.2, -0.15) is 0 Å². The molecular formula is C24H27BrN2O2. The molecule has 0 aliphatic carbocycles. The number of nitrogens with zero attached hydrogens (tertiary/aromatic N) is 2. The first-order valence-electron chi connectivity index (χ1n) is 10.2. The van der Waals surface area contributed by atoms with Crippen molar-refractivity contribution in [1.82, 2.24) is 10.1 Å². The van der Waals surface area contributed by atoms with Gasteiger partial charge >= 0.3 is 0 Å². The van der Waals surface area contributed by atoms with Crippen molar-refractivity contribution in [2.45, 2.75) is 45.9 Å². The van der Waals surface area contributed by atoms with E-state index in [2.05, 4.69) is 75.4 Å². The molecule has 1 saturated heterocycles. The van der Waals surface area contributed by atoms with E-state index >= 15 is 0 Å². The average Bonchev–Trinajstić information content (AvgIpc) is 3.36. The summed E-state index contributed by atoms with van der Waals surface area (Å²) < 4.78 is 12.7. The predicted molar refractivity (Wildman–Crippen MR) is 119 cm³/mol. The third-order valence-electron chi connectivity index (χ3n) is 5.39. The first-order chi connectivity index (χ1) is 14.1. The summed E-state index contributed by atoms with van der Waals surface area (Å²) in [5.74, 6) is 0.826. The molecule has 4 rings (SSSR count). The molecule has 0 spiro atoms. The van der Waals surface area contributed by atoms with Gasteiger partial charge < -0.3 is 9.26 Å². The van der Waals surface area contributed by atoms with Gasteiger partial charge in [0.05, 0.1) is 11.8 Å². The van der Waals surface area contributed by atoms with Crippen LogP contribution in [0.5, 0.6) is 0 Å². The molecule has 29 heavy (non-hydrogen) atoms. The van der Waals surface area contributed by atoms with Crippen molar-refractivity contribution in [2.24, 2.45) is 0 Å². The first kappa shape index (κ1) is 20.3. The minimum Gasteiger partial charge on any atom is -0.377 e. The van der Waals surface area contributed by atoms with Crippen LogP contribution in [0.2, 0.25) is 0 Å². The summed E-state index contributed by atoms with van der Waals surface area (Å²) in [6, 6.07) is 17.0. The zero-order valence-electron chi connectivity index (χ0n) is 17.0. The molecule has 0 bridgehead atoms. The number of rotatable bonds is 7. The molecule has 1 unspecified atom stereocenters. The van der Waals surface area contributed by atoms with E-state index in [1.54, 1.807) is 0 Å². The highest BCUT2D eigenvalue weighted by Gasteiger charge is 2.21. The van der Waals surface area contributed by atoms with Gasteiger partial charge in [0.25, 0.3) is 0 Å². The van der Waals surface area contributed by atoms with Crippen LogP contribution in [0, 0.1) is 13.8 Å². The van der Waals surface area contributed by atoms with Crippen LogP contribution in [0.1, 0.15) is 35.2 Å². The highest BCUT2D eigenvalue weighted by Crippen LogP contribution is 2.28. The summed E-state index contributed by atoms with van der Waals surface area (Å²) >= 11 is 3.75. The highest BCUT2D eigenvalue weighted by atomic mass is 79.9. The zero-order chi connectivity index (χ0) is 20.2.